The number of nitrogens with two attached hydrogens (primary N) is 1. The Balaban J connectivity index is 2.43. The zero-order valence-electron chi connectivity index (χ0n) is 9.82. The standard InChI is InChI=1S/C12H17N3O/c1-7(8(2)13)12-14-10-5-4-9(16-3)6-11(10)15-12/h4-8H,13H2,1-3H3,(H,14,15). The lowest BCUT2D eigenvalue weighted by molar-refractivity contribution is 0.415. The highest BCUT2D eigenvalue weighted by molar-refractivity contribution is 5.76. The number of H-pyrrole nitrogens is 1. The van der Waals surface area contributed by atoms with E-state index in [9.17, 15) is 0 Å². The quantitative estimate of drug-likeness (QED) is 0.830. The van der Waals surface area contributed by atoms with Crippen LogP contribution in [0.25, 0.3) is 11.0 Å². The number of benzene rings is 1. The molecule has 0 aliphatic carbocycles. The molecule has 0 radical (unpaired) electrons. The molecule has 0 aliphatic rings. The van der Waals surface area contributed by atoms with Crippen LogP contribution in [0, 0.1) is 0 Å². The molecule has 16 heavy (non-hydrogen) atoms. The van der Waals surface area contributed by atoms with Crippen LogP contribution in [0.2, 0.25) is 0 Å². The second kappa shape index (κ2) is 4.14. The fourth-order valence-corrected chi connectivity index (χ4v) is 1.60. The Labute approximate surface area is 94.8 Å². The van der Waals surface area contributed by atoms with Crippen molar-refractivity contribution in [2.24, 2.45) is 5.73 Å². The van der Waals surface area contributed by atoms with Gasteiger partial charge in [0, 0.05) is 18.0 Å². The summed E-state index contributed by atoms with van der Waals surface area (Å²) >= 11 is 0. The van der Waals surface area contributed by atoms with Gasteiger partial charge in [0.15, 0.2) is 0 Å². The van der Waals surface area contributed by atoms with Crippen molar-refractivity contribution in [3.63, 3.8) is 0 Å². The van der Waals surface area contributed by atoms with Crippen molar-refractivity contribution >= 4 is 11.0 Å². The van der Waals surface area contributed by atoms with Gasteiger partial charge in [-0.25, -0.2) is 4.98 Å². The predicted octanol–water partition coefficient (Wildman–Crippen LogP) is 2.02. The topological polar surface area (TPSA) is 63.9 Å². The van der Waals surface area contributed by atoms with E-state index in [1.807, 2.05) is 25.1 Å². The lowest BCUT2D eigenvalue weighted by Crippen LogP contribution is -2.23. The smallest absolute Gasteiger partial charge is 0.121 e. The van der Waals surface area contributed by atoms with Crippen molar-refractivity contribution in [3.8, 4) is 5.75 Å². The van der Waals surface area contributed by atoms with Gasteiger partial charge in [-0.3, -0.25) is 0 Å². The molecule has 4 heteroatoms. The van der Waals surface area contributed by atoms with Crippen molar-refractivity contribution in [2.45, 2.75) is 25.8 Å². The number of fused-ring (bicyclic) bond motifs is 1. The number of nitrogens with zero attached hydrogens (tertiary/aromatic N) is 1. The van der Waals surface area contributed by atoms with Gasteiger partial charge in [0.2, 0.25) is 0 Å². The maximum Gasteiger partial charge on any atom is 0.121 e. The van der Waals surface area contributed by atoms with E-state index >= 15 is 0 Å². The molecule has 0 amide bonds. The van der Waals surface area contributed by atoms with Crippen LogP contribution in [0.5, 0.6) is 5.75 Å². The van der Waals surface area contributed by atoms with Gasteiger partial charge in [-0.1, -0.05) is 6.92 Å². The fourth-order valence-electron chi connectivity index (χ4n) is 1.60. The van der Waals surface area contributed by atoms with Crippen molar-refractivity contribution in [3.05, 3.63) is 24.0 Å². The Morgan fingerprint density at radius 2 is 2.12 bits per heavy atom. The van der Waals surface area contributed by atoms with Crippen LogP contribution >= 0.6 is 0 Å². The normalized spacial score (nSPS) is 15.0. The zero-order valence-corrected chi connectivity index (χ0v) is 9.82. The fraction of sp³-hybridized carbons (Fsp3) is 0.417. The maximum absolute atomic E-state index is 5.86. The molecule has 0 aliphatic heterocycles. The molecule has 4 nitrogen and oxygen atoms in total. The summed E-state index contributed by atoms with van der Waals surface area (Å²) in [6.07, 6.45) is 0. The number of aromatic amines is 1. The van der Waals surface area contributed by atoms with Gasteiger partial charge in [0.25, 0.3) is 0 Å². The van der Waals surface area contributed by atoms with E-state index in [1.54, 1.807) is 7.11 Å². The molecule has 1 aromatic heterocycles. The number of nitrogens with one attached hydrogen (secondary N) is 1. The van der Waals surface area contributed by atoms with Crippen molar-refractivity contribution in [2.75, 3.05) is 7.11 Å². The van der Waals surface area contributed by atoms with Crippen LogP contribution in [-0.4, -0.2) is 23.1 Å². The van der Waals surface area contributed by atoms with E-state index in [-0.39, 0.29) is 12.0 Å². The molecule has 1 heterocycles. The predicted molar refractivity (Wildman–Crippen MR) is 64.7 cm³/mol. The Hall–Kier alpha value is -1.55. The van der Waals surface area contributed by atoms with Crippen molar-refractivity contribution in [1.82, 2.24) is 9.97 Å². The summed E-state index contributed by atoms with van der Waals surface area (Å²) in [4.78, 5) is 7.80. The summed E-state index contributed by atoms with van der Waals surface area (Å²) in [5.74, 6) is 1.98. The van der Waals surface area contributed by atoms with Gasteiger partial charge in [0.1, 0.15) is 11.6 Å². The van der Waals surface area contributed by atoms with Gasteiger partial charge < -0.3 is 15.5 Å². The summed E-state index contributed by atoms with van der Waals surface area (Å²) in [6, 6.07) is 5.88. The molecule has 0 saturated heterocycles. The molecule has 2 unspecified atom stereocenters. The number of aromatic nitrogens is 2. The largest absolute Gasteiger partial charge is 0.497 e. The summed E-state index contributed by atoms with van der Waals surface area (Å²) in [6.45, 7) is 4.05. The highest BCUT2D eigenvalue weighted by atomic mass is 16.5. The Morgan fingerprint density at radius 3 is 2.75 bits per heavy atom. The number of methoxy groups -OCH3 is 1. The lowest BCUT2D eigenvalue weighted by Gasteiger charge is -2.11. The Kier molecular flexibility index (Phi) is 2.83. The van der Waals surface area contributed by atoms with E-state index in [2.05, 4.69) is 16.9 Å². The molecular formula is C12H17N3O. The molecule has 3 N–H and O–H groups in total. The Morgan fingerprint density at radius 1 is 1.38 bits per heavy atom. The number of imidazole rings is 1. The minimum atomic E-state index is 0.0856. The maximum atomic E-state index is 5.86. The molecule has 0 saturated carbocycles. The first-order valence-electron chi connectivity index (χ1n) is 5.41. The number of rotatable bonds is 3. The molecular weight excluding hydrogens is 202 g/mol. The molecule has 2 aromatic rings. The second-order valence-electron chi connectivity index (χ2n) is 4.15. The van der Waals surface area contributed by atoms with E-state index in [4.69, 9.17) is 10.5 Å². The van der Waals surface area contributed by atoms with E-state index < -0.39 is 0 Å². The lowest BCUT2D eigenvalue weighted by atomic mass is 10.0. The van der Waals surface area contributed by atoms with Gasteiger partial charge >= 0.3 is 0 Å². The van der Waals surface area contributed by atoms with Gasteiger partial charge in [-0.05, 0) is 19.1 Å². The van der Waals surface area contributed by atoms with E-state index in [0.29, 0.717) is 0 Å². The minimum Gasteiger partial charge on any atom is -0.497 e. The Bertz CT molecular complexity index is 490. The monoisotopic (exact) mass is 219 g/mol. The van der Waals surface area contributed by atoms with Crippen LogP contribution in [0.4, 0.5) is 0 Å². The summed E-state index contributed by atoms with van der Waals surface area (Å²) in [5, 5.41) is 0. The third-order valence-corrected chi connectivity index (χ3v) is 2.93. The molecule has 0 bridgehead atoms. The third kappa shape index (κ3) is 1.88. The first kappa shape index (κ1) is 11.0. The first-order valence-corrected chi connectivity index (χ1v) is 5.41. The summed E-state index contributed by atoms with van der Waals surface area (Å²) in [7, 11) is 1.66. The first-order chi connectivity index (χ1) is 7.61. The molecule has 0 spiro atoms. The zero-order chi connectivity index (χ0) is 11.7. The number of hydrogen-bond acceptors (Lipinski definition) is 3. The van der Waals surface area contributed by atoms with Crippen LogP contribution in [0.15, 0.2) is 18.2 Å². The van der Waals surface area contributed by atoms with Crippen LogP contribution in [-0.2, 0) is 0 Å². The van der Waals surface area contributed by atoms with Crippen LogP contribution in [0.3, 0.4) is 0 Å². The molecule has 0 fully saturated rings. The average molecular weight is 219 g/mol. The number of hydrogen-bond donors (Lipinski definition) is 2. The van der Waals surface area contributed by atoms with E-state index in [1.165, 1.54) is 0 Å². The van der Waals surface area contributed by atoms with Crippen LogP contribution in [0.1, 0.15) is 25.6 Å². The minimum absolute atomic E-state index is 0.0856. The van der Waals surface area contributed by atoms with Crippen molar-refractivity contribution < 1.29 is 4.74 Å². The average Bonchev–Trinajstić information content (AvgIpc) is 2.69. The van der Waals surface area contributed by atoms with Crippen LogP contribution < -0.4 is 10.5 Å². The molecule has 2 rings (SSSR count). The van der Waals surface area contributed by atoms with Gasteiger partial charge in [0.05, 0.1) is 18.1 Å². The highest BCUT2D eigenvalue weighted by Gasteiger charge is 2.14. The van der Waals surface area contributed by atoms with E-state index in [0.717, 1.165) is 22.6 Å². The highest BCUT2D eigenvalue weighted by Crippen LogP contribution is 2.22. The SMILES string of the molecule is COc1ccc2nc(C(C)C(C)N)[nH]c2c1. The third-order valence-electron chi connectivity index (χ3n) is 2.93. The summed E-state index contributed by atoms with van der Waals surface area (Å²) < 4.78 is 5.17. The summed E-state index contributed by atoms with van der Waals surface area (Å²) in [5.41, 5.74) is 7.80. The van der Waals surface area contributed by atoms with Gasteiger partial charge in [-0.2, -0.15) is 0 Å². The molecule has 86 valence electrons. The van der Waals surface area contributed by atoms with Gasteiger partial charge in [-0.15, -0.1) is 0 Å². The number of ether oxygens (including phenoxy) is 1. The van der Waals surface area contributed by atoms with Crippen molar-refractivity contribution in [1.29, 1.82) is 0 Å². The molecule has 2 atom stereocenters. The second-order valence-corrected chi connectivity index (χ2v) is 4.15. The molecule has 1 aromatic carbocycles.